The Morgan fingerprint density at radius 3 is 2.79 bits per heavy atom. The number of Topliss-reactive ketones (excluding diaryl/α,β-unsaturated/α-hetero) is 1. The van der Waals surface area contributed by atoms with Crippen LogP contribution < -0.4 is 11.1 Å². The number of ketones is 1. The van der Waals surface area contributed by atoms with Crippen molar-refractivity contribution in [2.75, 3.05) is 11.1 Å². The lowest BCUT2D eigenvalue weighted by molar-refractivity contribution is 0.101. The van der Waals surface area contributed by atoms with E-state index in [2.05, 4.69) is 23.7 Å². The Labute approximate surface area is 117 Å². The second-order valence-corrected chi connectivity index (χ2v) is 5.44. The van der Waals surface area contributed by atoms with Crippen molar-refractivity contribution in [1.29, 1.82) is 0 Å². The van der Waals surface area contributed by atoms with Crippen LogP contribution in [-0.4, -0.2) is 5.78 Å². The lowest BCUT2D eigenvalue weighted by atomic mass is 10.1. The maximum absolute atomic E-state index is 11.3. The van der Waals surface area contributed by atoms with E-state index in [9.17, 15) is 4.79 Å². The molecular weight excluding hydrogens is 256 g/mol. The quantitative estimate of drug-likeness (QED) is 0.645. The molecule has 0 unspecified atom stereocenters. The maximum atomic E-state index is 11.3. The second kappa shape index (κ2) is 5.89. The van der Waals surface area contributed by atoms with Crippen molar-refractivity contribution in [3.05, 3.63) is 45.6 Å². The highest BCUT2D eigenvalue weighted by molar-refractivity contribution is 7.10. The average Bonchev–Trinajstić information content (AvgIpc) is 2.83. The number of hydrogen-bond donors (Lipinski definition) is 2. The number of nitrogens with one attached hydrogen (secondary N) is 1. The molecule has 4 heteroatoms. The molecule has 3 N–H and O–H groups in total. The summed E-state index contributed by atoms with van der Waals surface area (Å²) in [5.74, 6) is -0.00410. The molecule has 0 atom stereocenters. The molecule has 1 heterocycles. The fourth-order valence-electron chi connectivity index (χ4n) is 2.01. The molecule has 2 rings (SSSR count). The van der Waals surface area contributed by atoms with Gasteiger partial charge in [-0.3, -0.25) is 4.79 Å². The molecule has 19 heavy (non-hydrogen) atoms. The summed E-state index contributed by atoms with van der Waals surface area (Å²) in [5.41, 5.74) is 9.30. The SMILES string of the molecule is CCc1ccsc1CNc1ccc(C(C)=O)c(N)c1. The van der Waals surface area contributed by atoms with E-state index in [1.165, 1.54) is 17.4 Å². The van der Waals surface area contributed by atoms with Crippen molar-refractivity contribution in [3.63, 3.8) is 0 Å². The van der Waals surface area contributed by atoms with Crippen LogP contribution in [0, 0.1) is 0 Å². The topological polar surface area (TPSA) is 55.1 Å². The molecule has 0 spiro atoms. The zero-order chi connectivity index (χ0) is 13.8. The fraction of sp³-hybridized carbons (Fsp3) is 0.267. The number of anilines is 2. The van der Waals surface area contributed by atoms with Crippen LogP contribution in [0.3, 0.4) is 0 Å². The molecule has 0 saturated heterocycles. The Hall–Kier alpha value is -1.81. The molecular formula is C15H18N2OS. The molecule has 2 aromatic rings. The summed E-state index contributed by atoms with van der Waals surface area (Å²) in [5, 5.41) is 5.46. The Morgan fingerprint density at radius 1 is 1.37 bits per heavy atom. The summed E-state index contributed by atoms with van der Waals surface area (Å²) in [7, 11) is 0. The third-order valence-corrected chi connectivity index (χ3v) is 4.07. The van der Waals surface area contributed by atoms with Crippen molar-refractivity contribution in [1.82, 2.24) is 0 Å². The summed E-state index contributed by atoms with van der Waals surface area (Å²) < 4.78 is 0. The number of aryl methyl sites for hydroxylation is 1. The number of hydrogen-bond acceptors (Lipinski definition) is 4. The van der Waals surface area contributed by atoms with Crippen LogP contribution in [0.25, 0.3) is 0 Å². The Morgan fingerprint density at radius 2 is 2.16 bits per heavy atom. The molecule has 1 aromatic carbocycles. The number of rotatable bonds is 5. The fourth-order valence-corrected chi connectivity index (χ4v) is 2.93. The first-order chi connectivity index (χ1) is 9.11. The summed E-state index contributed by atoms with van der Waals surface area (Å²) in [6, 6.07) is 7.65. The van der Waals surface area contributed by atoms with Gasteiger partial charge in [0.25, 0.3) is 0 Å². The van der Waals surface area contributed by atoms with Crippen LogP contribution in [0.15, 0.2) is 29.6 Å². The second-order valence-electron chi connectivity index (χ2n) is 4.43. The first-order valence-corrected chi connectivity index (χ1v) is 7.19. The van der Waals surface area contributed by atoms with E-state index in [0.29, 0.717) is 11.3 Å². The number of carbonyl (C=O) groups excluding carboxylic acids is 1. The summed E-state index contributed by atoms with van der Waals surface area (Å²) >= 11 is 1.76. The Kier molecular flexibility index (Phi) is 4.22. The van der Waals surface area contributed by atoms with Crippen molar-refractivity contribution in [3.8, 4) is 0 Å². The smallest absolute Gasteiger partial charge is 0.161 e. The minimum absolute atomic E-state index is 0.00410. The van der Waals surface area contributed by atoms with Gasteiger partial charge in [0.2, 0.25) is 0 Å². The largest absolute Gasteiger partial charge is 0.398 e. The van der Waals surface area contributed by atoms with Crippen molar-refractivity contribution < 1.29 is 4.79 Å². The molecule has 100 valence electrons. The molecule has 0 bridgehead atoms. The predicted molar refractivity (Wildman–Crippen MR) is 81.9 cm³/mol. The summed E-state index contributed by atoms with van der Waals surface area (Å²) in [6.45, 7) is 4.48. The average molecular weight is 274 g/mol. The van der Waals surface area contributed by atoms with Gasteiger partial charge >= 0.3 is 0 Å². The lowest BCUT2D eigenvalue weighted by Crippen LogP contribution is -2.03. The van der Waals surface area contributed by atoms with Crippen LogP contribution in [0.2, 0.25) is 0 Å². The van der Waals surface area contributed by atoms with Crippen LogP contribution in [0.5, 0.6) is 0 Å². The van der Waals surface area contributed by atoms with E-state index in [1.807, 2.05) is 12.1 Å². The third-order valence-electron chi connectivity index (χ3n) is 3.10. The first kappa shape index (κ1) is 13.6. The van der Waals surface area contributed by atoms with Gasteiger partial charge in [0.15, 0.2) is 5.78 Å². The highest BCUT2D eigenvalue weighted by atomic mass is 32.1. The zero-order valence-corrected chi connectivity index (χ0v) is 12.0. The van der Waals surface area contributed by atoms with E-state index in [-0.39, 0.29) is 5.78 Å². The lowest BCUT2D eigenvalue weighted by Gasteiger charge is -2.09. The van der Waals surface area contributed by atoms with Gasteiger partial charge < -0.3 is 11.1 Å². The van der Waals surface area contributed by atoms with Crippen LogP contribution in [0.1, 0.15) is 34.6 Å². The molecule has 1 aromatic heterocycles. The van der Waals surface area contributed by atoms with Crippen LogP contribution in [-0.2, 0) is 13.0 Å². The molecule has 0 fully saturated rings. The molecule has 0 aliphatic heterocycles. The van der Waals surface area contributed by atoms with E-state index >= 15 is 0 Å². The molecule has 0 aliphatic rings. The van der Waals surface area contributed by atoms with Gasteiger partial charge in [0, 0.05) is 28.4 Å². The van der Waals surface area contributed by atoms with Crippen LogP contribution >= 0.6 is 11.3 Å². The Balaban J connectivity index is 2.08. The van der Waals surface area contributed by atoms with Crippen molar-refractivity contribution >= 4 is 28.5 Å². The van der Waals surface area contributed by atoms with Crippen molar-refractivity contribution in [2.45, 2.75) is 26.8 Å². The minimum Gasteiger partial charge on any atom is -0.398 e. The normalized spacial score (nSPS) is 10.4. The molecule has 0 radical (unpaired) electrons. The van der Waals surface area contributed by atoms with Gasteiger partial charge in [-0.25, -0.2) is 0 Å². The maximum Gasteiger partial charge on any atom is 0.161 e. The molecule has 3 nitrogen and oxygen atoms in total. The zero-order valence-electron chi connectivity index (χ0n) is 11.2. The van der Waals surface area contributed by atoms with E-state index in [1.54, 1.807) is 17.4 Å². The van der Waals surface area contributed by atoms with Crippen LogP contribution in [0.4, 0.5) is 11.4 Å². The highest BCUT2D eigenvalue weighted by Crippen LogP contribution is 2.22. The van der Waals surface area contributed by atoms with Gasteiger partial charge in [-0.15, -0.1) is 11.3 Å². The van der Waals surface area contributed by atoms with E-state index in [0.717, 1.165) is 18.7 Å². The van der Waals surface area contributed by atoms with Gasteiger partial charge in [0.1, 0.15) is 0 Å². The minimum atomic E-state index is -0.00410. The highest BCUT2D eigenvalue weighted by Gasteiger charge is 2.06. The monoisotopic (exact) mass is 274 g/mol. The number of nitrogen functional groups attached to an aromatic ring is 1. The molecule has 0 amide bonds. The van der Waals surface area contributed by atoms with Crippen molar-refractivity contribution in [2.24, 2.45) is 0 Å². The number of carbonyl (C=O) groups is 1. The van der Waals surface area contributed by atoms with E-state index in [4.69, 9.17) is 5.73 Å². The van der Waals surface area contributed by atoms with Gasteiger partial charge in [-0.2, -0.15) is 0 Å². The summed E-state index contributed by atoms with van der Waals surface area (Å²) in [6.07, 6.45) is 1.05. The predicted octanol–water partition coefficient (Wildman–Crippen LogP) is 3.71. The Bertz CT molecular complexity index is 590. The van der Waals surface area contributed by atoms with Gasteiger partial charge in [-0.1, -0.05) is 6.92 Å². The van der Waals surface area contributed by atoms with E-state index < -0.39 is 0 Å². The first-order valence-electron chi connectivity index (χ1n) is 6.31. The standard InChI is InChI=1S/C15H18N2OS/c1-3-11-6-7-19-15(11)9-17-12-4-5-13(10(2)18)14(16)8-12/h4-8,17H,3,9,16H2,1-2H3. The number of thiophene rings is 1. The number of benzene rings is 1. The molecule has 0 aliphatic carbocycles. The van der Waals surface area contributed by atoms with Gasteiger partial charge in [0.05, 0.1) is 0 Å². The number of nitrogens with two attached hydrogens (primary N) is 1. The molecule has 0 saturated carbocycles. The van der Waals surface area contributed by atoms with Gasteiger partial charge in [-0.05, 0) is 48.6 Å². The third kappa shape index (κ3) is 3.15. The summed E-state index contributed by atoms with van der Waals surface area (Å²) in [4.78, 5) is 12.7.